The van der Waals surface area contributed by atoms with Crippen molar-refractivity contribution in [2.45, 2.75) is 19.9 Å². The summed E-state index contributed by atoms with van der Waals surface area (Å²) < 4.78 is 19.6. The molecule has 122 valence electrons. The number of Topliss-reactive ketones (excluding diaryl/α,β-unsaturated/α-hetero) is 2. The summed E-state index contributed by atoms with van der Waals surface area (Å²) in [6.07, 6.45) is 3.38. The summed E-state index contributed by atoms with van der Waals surface area (Å²) in [6, 6.07) is 7.58. The maximum atomic E-state index is 13.2. The van der Waals surface area contributed by atoms with Crippen molar-refractivity contribution >= 4 is 11.6 Å². The van der Waals surface area contributed by atoms with Gasteiger partial charge in [-0.15, -0.1) is 0 Å². The maximum absolute atomic E-state index is 13.2. The predicted molar refractivity (Wildman–Crippen MR) is 82.3 cm³/mol. The third kappa shape index (κ3) is 3.62. The number of hydrogen-bond acceptors (Lipinski definition) is 5. The van der Waals surface area contributed by atoms with E-state index >= 15 is 0 Å². The molecular weight excluding hydrogens is 313 g/mol. The zero-order valence-electron chi connectivity index (χ0n) is 12.9. The van der Waals surface area contributed by atoms with Crippen LogP contribution in [0.2, 0.25) is 0 Å². The summed E-state index contributed by atoms with van der Waals surface area (Å²) in [7, 11) is 0. The lowest BCUT2D eigenvalue weighted by atomic mass is 10.1. The van der Waals surface area contributed by atoms with Gasteiger partial charge in [0.05, 0.1) is 12.7 Å². The molecule has 0 fully saturated rings. The number of rotatable bonds is 6. The third-order valence-electron chi connectivity index (χ3n) is 3.43. The third-order valence-corrected chi connectivity index (χ3v) is 3.43. The summed E-state index contributed by atoms with van der Waals surface area (Å²) >= 11 is 0. The Bertz CT molecular complexity index is 898. The largest absolute Gasteiger partial charge is 0.352 e. The highest BCUT2D eigenvalue weighted by molar-refractivity contribution is 5.98. The number of carbonyl (C=O) groups excluding carboxylic acids is 2. The molecule has 0 saturated heterocycles. The standard InChI is InChI=1S/C17H14FN3O3/c1-11(22)17-7-15(20-24-17)16(23)6-13-8-19-21(10-13)9-12-3-2-4-14(18)5-12/h2-5,7-8,10H,6,9H2,1H3. The molecule has 0 atom stereocenters. The lowest BCUT2D eigenvalue weighted by Crippen LogP contribution is -2.04. The van der Waals surface area contributed by atoms with Gasteiger partial charge in [0.15, 0.2) is 17.3 Å². The molecule has 1 aromatic carbocycles. The highest BCUT2D eigenvalue weighted by atomic mass is 19.1. The Hall–Kier alpha value is -3.09. The Morgan fingerprint density at radius 1 is 1.25 bits per heavy atom. The van der Waals surface area contributed by atoms with Gasteiger partial charge in [0.2, 0.25) is 5.76 Å². The quantitative estimate of drug-likeness (QED) is 0.651. The van der Waals surface area contributed by atoms with E-state index < -0.39 is 0 Å². The van der Waals surface area contributed by atoms with Crippen LogP contribution in [0.1, 0.15) is 39.1 Å². The number of ketones is 2. The van der Waals surface area contributed by atoms with Crippen molar-refractivity contribution in [2.24, 2.45) is 0 Å². The highest BCUT2D eigenvalue weighted by Crippen LogP contribution is 2.11. The topological polar surface area (TPSA) is 78.0 Å². The lowest BCUT2D eigenvalue weighted by molar-refractivity contribution is 0.0964. The van der Waals surface area contributed by atoms with E-state index in [0.717, 1.165) is 5.56 Å². The van der Waals surface area contributed by atoms with Crippen molar-refractivity contribution < 1.29 is 18.5 Å². The Balaban J connectivity index is 1.67. The van der Waals surface area contributed by atoms with Crippen molar-refractivity contribution in [1.82, 2.24) is 14.9 Å². The summed E-state index contributed by atoms with van der Waals surface area (Å²) in [5.41, 5.74) is 1.58. The minimum Gasteiger partial charge on any atom is -0.352 e. The fourth-order valence-corrected chi connectivity index (χ4v) is 2.26. The summed E-state index contributed by atoms with van der Waals surface area (Å²) in [5.74, 6) is -0.802. The van der Waals surface area contributed by atoms with E-state index in [2.05, 4.69) is 10.3 Å². The molecule has 0 aliphatic rings. The molecular formula is C17H14FN3O3. The summed E-state index contributed by atoms with van der Waals surface area (Å²) in [4.78, 5) is 23.3. The molecule has 0 amide bonds. The van der Waals surface area contributed by atoms with Gasteiger partial charge in [0, 0.05) is 25.6 Å². The van der Waals surface area contributed by atoms with E-state index in [9.17, 15) is 14.0 Å². The van der Waals surface area contributed by atoms with Crippen molar-refractivity contribution in [3.63, 3.8) is 0 Å². The van der Waals surface area contributed by atoms with E-state index in [0.29, 0.717) is 12.1 Å². The Morgan fingerprint density at radius 2 is 2.08 bits per heavy atom. The molecule has 6 nitrogen and oxygen atoms in total. The lowest BCUT2D eigenvalue weighted by Gasteiger charge is -2.01. The van der Waals surface area contributed by atoms with Crippen LogP contribution in [0, 0.1) is 5.82 Å². The molecule has 2 heterocycles. The first kappa shape index (κ1) is 15.8. The van der Waals surface area contributed by atoms with Crippen LogP contribution < -0.4 is 0 Å². The predicted octanol–water partition coefficient (Wildman–Crippen LogP) is 2.69. The molecule has 0 N–H and O–H groups in total. The van der Waals surface area contributed by atoms with Gasteiger partial charge in [-0.2, -0.15) is 5.10 Å². The van der Waals surface area contributed by atoms with Crippen LogP contribution >= 0.6 is 0 Å². The van der Waals surface area contributed by atoms with Gasteiger partial charge in [-0.3, -0.25) is 14.3 Å². The number of benzene rings is 1. The van der Waals surface area contributed by atoms with E-state index in [4.69, 9.17) is 4.52 Å². The van der Waals surface area contributed by atoms with E-state index in [1.807, 2.05) is 0 Å². The fourth-order valence-electron chi connectivity index (χ4n) is 2.26. The average molecular weight is 327 g/mol. The maximum Gasteiger partial charge on any atom is 0.202 e. The zero-order chi connectivity index (χ0) is 17.1. The molecule has 0 radical (unpaired) electrons. The number of aromatic nitrogens is 3. The number of hydrogen-bond donors (Lipinski definition) is 0. The Kier molecular flexibility index (Phi) is 4.33. The van der Waals surface area contributed by atoms with Gasteiger partial charge in [0.1, 0.15) is 5.82 Å². The van der Waals surface area contributed by atoms with Gasteiger partial charge in [-0.1, -0.05) is 17.3 Å². The fraction of sp³-hybridized carbons (Fsp3) is 0.176. The van der Waals surface area contributed by atoms with Crippen molar-refractivity contribution in [2.75, 3.05) is 0 Å². The SMILES string of the molecule is CC(=O)c1cc(C(=O)Cc2cnn(Cc3cccc(F)c3)c2)no1. The molecule has 3 aromatic rings. The highest BCUT2D eigenvalue weighted by Gasteiger charge is 2.16. The first-order valence-corrected chi connectivity index (χ1v) is 7.28. The second kappa shape index (κ2) is 6.57. The van der Waals surface area contributed by atoms with Crippen molar-refractivity contribution in [1.29, 1.82) is 0 Å². The minimum atomic E-state index is -0.303. The van der Waals surface area contributed by atoms with Gasteiger partial charge in [-0.25, -0.2) is 4.39 Å². The van der Waals surface area contributed by atoms with Gasteiger partial charge in [-0.05, 0) is 23.3 Å². The van der Waals surface area contributed by atoms with E-state index in [1.54, 1.807) is 29.2 Å². The molecule has 2 aromatic heterocycles. The Labute approximate surface area is 136 Å². The molecule has 0 spiro atoms. The van der Waals surface area contributed by atoms with E-state index in [-0.39, 0.29) is 35.3 Å². The van der Waals surface area contributed by atoms with Crippen molar-refractivity contribution in [3.8, 4) is 0 Å². The van der Waals surface area contributed by atoms with Crippen LogP contribution in [0.5, 0.6) is 0 Å². The Morgan fingerprint density at radius 3 is 2.79 bits per heavy atom. The van der Waals surface area contributed by atoms with Crippen LogP contribution in [-0.2, 0) is 13.0 Å². The minimum absolute atomic E-state index is 0.0557. The molecule has 7 heteroatoms. The molecule has 0 bridgehead atoms. The summed E-state index contributed by atoms with van der Waals surface area (Å²) in [5, 5.41) is 7.77. The molecule has 3 rings (SSSR count). The first-order valence-electron chi connectivity index (χ1n) is 7.28. The number of nitrogens with zero attached hydrogens (tertiary/aromatic N) is 3. The number of halogens is 1. The van der Waals surface area contributed by atoms with Crippen LogP contribution in [0.3, 0.4) is 0 Å². The molecule has 0 aliphatic heterocycles. The van der Waals surface area contributed by atoms with Gasteiger partial charge < -0.3 is 4.52 Å². The molecule has 24 heavy (non-hydrogen) atoms. The second-order valence-corrected chi connectivity index (χ2v) is 5.41. The van der Waals surface area contributed by atoms with Crippen molar-refractivity contribution in [3.05, 3.63) is 71.1 Å². The molecule has 0 aliphatic carbocycles. The normalized spacial score (nSPS) is 10.8. The average Bonchev–Trinajstić information content (AvgIpc) is 3.17. The smallest absolute Gasteiger partial charge is 0.202 e. The zero-order valence-corrected chi connectivity index (χ0v) is 12.9. The monoisotopic (exact) mass is 327 g/mol. The molecule has 0 unspecified atom stereocenters. The van der Waals surface area contributed by atoms with E-state index in [1.165, 1.54) is 25.1 Å². The van der Waals surface area contributed by atoms with Crippen LogP contribution in [0.25, 0.3) is 0 Å². The van der Waals surface area contributed by atoms with Crippen LogP contribution in [0.15, 0.2) is 47.2 Å². The van der Waals surface area contributed by atoms with Gasteiger partial charge in [0.25, 0.3) is 0 Å². The van der Waals surface area contributed by atoms with Crippen LogP contribution in [0.4, 0.5) is 4.39 Å². The summed E-state index contributed by atoms with van der Waals surface area (Å²) in [6.45, 7) is 1.75. The second-order valence-electron chi connectivity index (χ2n) is 5.41. The first-order chi connectivity index (χ1) is 11.5. The van der Waals surface area contributed by atoms with Gasteiger partial charge >= 0.3 is 0 Å². The molecule has 0 saturated carbocycles. The number of carbonyl (C=O) groups is 2. The van der Waals surface area contributed by atoms with Crippen LogP contribution in [-0.4, -0.2) is 26.5 Å².